The first-order valence-corrected chi connectivity index (χ1v) is 5.71. The van der Waals surface area contributed by atoms with Crippen molar-refractivity contribution in [1.29, 1.82) is 0 Å². The number of nitrogens with zero attached hydrogens (tertiary/aromatic N) is 4. The quantitative estimate of drug-likeness (QED) is 0.592. The minimum atomic E-state index is 0.0231. The first-order chi connectivity index (χ1) is 7.70. The van der Waals surface area contributed by atoms with E-state index in [0.717, 1.165) is 22.7 Å². The predicted octanol–water partition coefficient (Wildman–Crippen LogP) is 0.327. The number of nitrogens with one attached hydrogen (secondary N) is 1. The number of aryl methyl sites for hydroxylation is 2. The van der Waals surface area contributed by atoms with Crippen molar-refractivity contribution in [2.24, 2.45) is 12.9 Å². The van der Waals surface area contributed by atoms with Crippen LogP contribution < -0.4 is 11.3 Å². The van der Waals surface area contributed by atoms with E-state index >= 15 is 0 Å². The molecule has 0 aliphatic heterocycles. The van der Waals surface area contributed by atoms with Gasteiger partial charge in [0.2, 0.25) is 0 Å². The molecule has 6 nitrogen and oxygen atoms in total. The molecule has 0 spiro atoms. The molecule has 1 unspecified atom stereocenters. The Balaban J connectivity index is 2.15. The maximum absolute atomic E-state index is 5.55. The van der Waals surface area contributed by atoms with Gasteiger partial charge in [-0.1, -0.05) is 4.49 Å². The summed E-state index contributed by atoms with van der Waals surface area (Å²) < 4.78 is 5.69. The van der Waals surface area contributed by atoms with Gasteiger partial charge >= 0.3 is 0 Å². The van der Waals surface area contributed by atoms with E-state index < -0.39 is 0 Å². The summed E-state index contributed by atoms with van der Waals surface area (Å²) in [6.07, 6.45) is 2.66. The highest BCUT2D eigenvalue weighted by atomic mass is 32.1. The smallest absolute Gasteiger partial charge is 0.0773 e. The molecule has 2 aromatic heterocycles. The molecule has 7 heteroatoms. The molecular formula is C9H14N6S. The van der Waals surface area contributed by atoms with Crippen molar-refractivity contribution in [3.63, 3.8) is 0 Å². The lowest BCUT2D eigenvalue weighted by Gasteiger charge is -2.12. The van der Waals surface area contributed by atoms with E-state index in [1.54, 1.807) is 4.68 Å². The second-order valence-corrected chi connectivity index (χ2v) is 4.41. The minimum absolute atomic E-state index is 0.0231. The summed E-state index contributed by atoms with van der Waals surface area (Å²) in [6.45, 7) is 1.93. The largest absolute Gasteiger partial charge is 0.276 e. The van der Waals surface area contributed by atoms with Crippen LogP contribution in [-0.4, -0.2) is 19.4 Å². The van der Waals surface area contributed by atoms with Gasteiger partial charge in [0.1, 0.15) is 0 Å². The fourth-order valence-electron chi connectivity index (χ4n) is 1.57. The lowest BCUT2D eigenvalue weighted by molar-refractivity contribution is 0.546. The number of hydrogen-bond donors (Lipinski definition) is 2. The van der Waals surface area contributed by atoms with Gasteiger partial charge in [0, 0.05) is 19.7 Å². The van der Waals surface area contributed by atoms with Gasteiger partial charge in [-0.2, -0.15) is 5.10 Å². The van der Waals surface area contributed by atoms with Crippen molar-refractivity contribution in [3.8, 4) is 0 Å². The van der Waals surface area contributed by atoms with E-state index in [9.17, 15) is 0 Å². The van der Waals surface area contributed by atoms with Crippen LogP contribution >= 0.6 is 11.5 Å². The molecule has 86 valence electrons. The lowest BCUT2D eigenvalue weighted by Crippen LogP contribution is -2.29. The molecule has 0 amide bonds. The van der Waals surface area contributed by atoms with Crippen LogP contribution in [0.5, 0.6) is 0 Å². The number of hydrogen-bond acceptors (Lipinski definition) is 6. The second kappa shape index (κ2) is 4.69. The summed E-state index contributed by atoms with van der Waals surface area (Å²) in [5.41, 5.74) is 4.70. The summed E-state index contributed by atoms with van der Waals surface area (Å²) in [6, 6.07) is 2.00. The highest BCUT2D eigenvalue weighted by Crippen LogP contribution is 2.22. The van der Waals surface area contributed by atoms with Crippen molar-refractivity contribution in [1.82, 2.24) is 24.8 Å². The Bertz CT molecular complexity index is 462. The van der Waals surface area contributed by atoms with Gasteiger partial charge in [0.15, 0.2) is 0 Å². The maximum Gasteiger partial charge on any atom is 0.0773 e. The van der Waals surface area contributed by atoms with E-state index in [1.807, 2.05) is 26.2 Å². The Morgan fingerprint density at radius 1 is 1.62 bits per heavy atom. The van der Waals surface area contributed by atoms with Crippen molar-refractivity contribution in [2.45, 2.75) is 19.4 Å². The zero-order chi connectivity index (χ0) is 11.5. The number of aromatic nitrogens is 4. The number of hydrazine groups is 1. The zero-order valence-electron chi connectivity index (χ0n) is 9.21. The maximum atomic E-state index is 5.55. The first kappa shape index (κ1) is 11.2. The van der Waals surface area contributed by atoms with Crippen LogP contribution in [0.15, 0.2) is 12.3 Å². The molecule has 2 heterocycles. The molecule has 0 saturated heterocycles. The first-order valence-electron chi connectivity index (χ1n) is 4.94. The third kappa shape index (κ3) is 2.26. The van der Waals surface area contributed by atoms with E-state index in [0.29, 0.717) is 0 Å². The lowest BCUT2D eigenvalue weighted by atomic mass is 10.1. The van der Waals surface area contributed by atoms with Crippen molar-refractivity contribution in [3.05, 3.63) is 28.5 Å². The highest BCUT2D eigenvalue weighted by molar-refractivity contribution is 7.05. The third-order valence-corrected chi connectivity index (χ3v) is 3.33. The third-order valence-electron chi connectivity index (χ3n) is 2.39. The normalized spacial score (nSPS) is 12.9. The summed E-state index contributed by atoms with van der Waals surface area (Å²) in [5, 5.41) is 8.30. The molecule has 3 N–H and O–H groups in total. The number of rotatable bonds is 4. The molecule has 0 radical (unpaired) electrons. The number of nitrogens with two attached hydrogens (primary N) is 1. The molecule has 0 saturated carbocycles. The zero-order valence-corrected chi connectivity index (χ0v) is 10.0. The Morgan fingerprint density at radius 3 is 2.94 bits per heavy atom. The van der Waals surface area contributed by atoms with Crippen LogP contribution in [0.1, 0.15) is 22.3 Å². The van der Waals surface area contributed by atoms with Gasteiger partial charge in [0.25, 0.3) is 0 Å². The van der Waals surface area contributed by atoms with Crippen LogP contribution in [0.25, 0.3) is 0 Å². The Morgan fingerprint density at radius 2 is 2.44 bits per heavy atom. The standard InChI is InChI=1S/C9H14N6S/c1-6-9(16-14-12-6)8(11-10)5-7-3-4-15(2)13-7/h3-4,8,11H,5,10H2,1-2H3. The van der Waals surface area contributed by atoms with Gasteiger partial charge in [-0.25, -0.2) is 0 Å². The van der Waals surface area contributed by atoms with Crippen molar-refractivity contribution >= 4 is 11.5 Å². The Hall–Kier alpha value is -1.31. The molecule has 1 atom stereocenters. The van der Waals surface area contributed by atoms with Crippen LogP contribution in [0.3, 0.4) is 0 Å². The van der Waals surface area contributed by atoms with Gasteiger partial charge in [-0.3, -0.25) is 16.0 Å². The fourth-order valence-corrected chi connectivity index (χ4v) is 2.27. The van der Waals surface area contributed by atoms with Crippen LogP contribution in [0, 0.1) is 6.92 Å². The van der Waals surface area contributed by atoms with E-state index in [-0.39, 0.29) is 6.04 Å². The summed E-state index contributed by atoms with van der Waals surface area (Å²) in [7, 11) is 1.90. The van der Waals surface area contributed by atoms with Gasteiger partial charge in [0.05, 0.1) is 22.3 Å². The fraction of sp³-hybridized carbons (Fsp3) is 0.444. The molecule has 2 rings (SSSR count). The second-order valence-electron chi connectivity index (χ2n) is 3.63. The van der Waals surface area contributed by atoms with Crippen LogP contribution in [-0.2, 0) is 13.5 Å². The van der Waals surface area contributed by atoms with Gasteiger partial charge in [-0.15, -0.1) is 5.10 Å². The SMILES string of the molecule is Cc1nnsc1C(Cc1ccn(C)n1)NN. The average Bonchev–Trinajstić information content (AvgIpc) is 2.84. The molecule has 0 fully saturated rings. The Labute approximate surface area is 97.6 Å². The predicted molar refractivity (Wildman–Crippen MR) is 61.6 cm³/mol. The molecule has 0 aliphatic rings. The van der Waals surface area contributed by atoms with Crippen molar-refractivity contribution < 1.29 is 0 Å². The molecule has 0 aromatic carbocycles. The van der Waals surface area contributed by atoms with Crippen molar-refractivity contribution in [2.75, 3.05) is 0 Å². The minimum Gasteiger partial charge on any atom is -0.276 e. The van der Waals surface area contributed by atoms with E-state index in [4.69, 9.17) is 5.84 Å². The summed E-state index contributed by atoms with van der Waals surface area (Å²) in [4.78, 5) is 1.06. The summed E-state index contributed by atoms with van der Waals surface area (Å²) >= 11 is 1.37. The molecule has 2 aromatic rings. The van der Waals surface area contributed by atoms with Gasteiger partial charge < -0.3 is 0 Å². The van der Waals surface area contributed by atoms with Crippen LogP contribution in [0.4, 0.5) is 0 Å². The molecular weight excluding hydrogens is 224 g/mol. The molecule has 16 heavy (non-hydrogen) atoms. The van der Waals surface area contributed by atoms with E-state index in [1.165, 1.54) is 11.5 Å². The highest BCUT2D eigenvalue weighted by Gasteiger charge is 2.17. The van der Waals surface area contributed by atoms with Crippen LogP contribution in [0.2, 0.25) is 0 Å². The topological polar surface area (TPSA) is 81.7 Å². The molecule has 0 aliphatic carbocycles. The van der Waals surface area contributed by atoms with Gasteiger partial charge in [-0.05, 0) is 24.5 Å². The summed E-state index contributed by atoms with van der Waals surface area (Å²) in [5.74, 6) is 5.55. The van der Waals surface area contributed by atoms with E-state index in [2.05, 4.69) is 20.1 Å². The average molecular weight is 238 g/mol. The monoisotopic (exact) mass is 238 g/mol. The Kier molecular flexibility index (Phi) is 3.28. The molecule has 0 bridgehead atoms.